The first kappa shape index (κ1) is 1820. The standard InChI is InChI=1S/40Na.60H2O.40H/h;;;;;;;;;;;;;;;;;;;;;;;;;;;;;;;;;;;;;;;;60*1H2;;;;;;;;;;;;;;;;;;;;;;;;;;;;;;;;;;;;;;;;. The van der Waals surface area contributed by atoms with Crippen LogP contribution in [0.4, 0.5) is 0 Å². The molecule has 0 fully saturated rings. The normalized spacial score (nSPS) is 0. The van der Waals surface area contributed by atoms with Crippen LogP contribution < -0.4 is 0 Å². The second-order valence-corrected chi connectivity index (χ2v) is 0. The summed E-state index contributed by atoms with van der Waals surface area (Å²) in [6.45, 7) is 0. The van der Waals surface area contributed by atoms with Gasteiger partial charge in [-0.15, -0.1) is 0 Å². The molecule has 60 nitrogen and oxygen atoms in total. The van der Waals surface area contributed by atoms with Crippen LogP contribution >= 0.6 is 0 Å². The Morgan fingerprint density at radius 2 is 0.0200 bits per heavy atom. The van der Waals surface area contributed by atoms with Gasteiger partial charge in [0.1, 0.15) is 0 Å². The first-order valence-electron chi connectivity index (χ1n) is 0. The van der Waals surface area contributed by atoms with Crippen molar-refractivity contribution in [1.29, 1.82) is 0 Å². The van der Waals surface area contributed by atoms with Gasteiger partial charge in [0.15, 0.2) is 0 Å². The van der Waals surface area contributed by atoms with Crippen LogP contribution in [0.5, 0.6) is 0 Å². The number of hydrogen-bond donors (Lipinski definition) is 0. The van der Waals surface area contributed by atoms with Crippen LogP contribution in [0.1, 0.15) is 0 Å². The Morgan fingerprint density at radius 1 is 0.0200 bits per heavy atom. The monoisotopic (exact) mass is 2040 g/mol. The van der Waals surface area contributed by atoms with E-state index in [1.165, 1.54) is 0 Å². The van der Waals surface area contributed by atoms with Gasteiger partial charge in [0, 0.05) is 0 Å². The molecule has 0 rings (SSSR count). The zero-order valence-corrected chi connectivity index (χ0v) is 30.0. The molecule has 100 heteroatoms. The van der Waals surface area contributed by atoms with E-state index >= 15 is 0 Å². The summed E-state index contributed by atoms with van der Waals surface area (Å²) >= 11 is 0. The van der Waals surface area contributed by atoms with E-state index in [4.69, 9.17) is 0 Å². The van der Waals surface area contributed by atoms with Crippen molar-refractivity contribution in [3.05, 3.63) is 0 Å². The van der Waals surface area contributed by atoms with Crippen molar-refractivity contribution in [2.24, 2.45) is 0 Å². The first-order valence-corrected chi connectivity index (χ1v) is 0. The molecular formula is H160Na40O60. The van der Waals surface area contributed by atoms with Gasteiger partial charge < -0.3 is 329 Å². The molecule has 0 aliphatic carbocycles. The SMILES string of the molecule is O.O.O.O.O.O.O.O.O.O.O.O.O.O.O.O.O.O.O.O.O.O.O.O.O.O.O.O.O.O.O.O.O.O.O.O.O.O.O.O.O.O.O.O.O.O.O.O.O.O.O.O.O.O.O.O.O.O.O.O.[NaH].[NaH].[NaH].[NaH].[NaH].[NaH].[NaH].[NaH].[NaH].[NaH].[NaH].[NaH].[NaH].[NaH].[NaH].[NaH].[NaH].[NaH].[NaH].[NaH].[NaH].[NaH].[NaH].[NaH].[NaH].[NaH].[NaH].[NaH].[NaH].[NaH].[NaH].[NaH].[NaH].[NaH].[NaH].[NaH].[NaH].[NaH].[NaH].[NaH]. The summed E-state index contributed by atoms with van der Waals surface area (Å²) in [5, 5.41) is 0. The fraction of sp³-hybridized carbons (Fsp3) is 0. The summed E-state index contributed by atoms with van der Waals surface area (Å²) in [6, 6.07) is 0. The minimum absolute atomic E-state index is 0. The first-order chi connectivity index (χ1) is 0. The molecule has 0 atom stereocenters. The Hall–Kier alpha value is 37.6. The van der Waals surface area contributed by atoms with E-state index < -0.39 is 0 Å². The van der Waals surface area contributed by atoms with Crippen molar-refractivity contribution in [2.75, 3.05) is 0 Å². The van der Waals surface area contributed by atoms with Gasteiger partial charge in [-0.05, 0) is 0 Å². The van der Waals surface area contributed by atoms with Gasteiger partial charge in [0.05, 0.1) is 0 Å². The molecule has 0 heterocycles. The van der Waals surface area contributed by atoms with Crippen LogP contribution in [0.25, 0.3) is 0 Å². The molecule has 0 aromatic heterocycles. The third-order valence-electron chi connectivity index (χ3n) is 0. The van der Waals surface area contributed by atoms with Crippen LogP contribution in [-0.4, -0.2) is 1510 Å². The molecule has 120 N–H and O–H groups in total. The fourth-order valence-electron chi connectivity index (χ4n) is 0. The van der Waals surface area contributed by atoms with Crippen LogP contribution in [0.3, 0.4) is 0 Å². The predicted molar refractivity (Wildman–Crippen MR) is 503 cm³/mol. The van der Waals surface area contributed by atoms with E-state index in [1.54, 1.807) is 0 Å². The molecule has 0 aromatic carbocycles. The van der Waals surface area contributed by atoms with Gasteiger partial charge in [0.2, 0.25) is 0 Å². The van der Waals surface area contributed by atoms with Gasteiger partial charge in [0.25, 0.3) is 0 Å². The summed E-state index contributed by atoms with van der Waals surface area (Å²) in [5.74, 6) is 0. The van der Waals surface area contributed by atoms with E-state index in [0.29, 0.717) is 0 Å². The van der Waals surface area contributed by atoms with E-state index in [0.717, 1.165) is 0 Å². The molecule has 0 bridgehead atoms. The molecule has 0 unspecified atom stereocenters. The molecule has 0 radical (unpaired) electrons. The molecular weight excluding hydrogens is 1880 g/mol. The number of hydrogen-bond acceptors (Lipinski definition) is 0. The topological polar surface area (TPSA) is 1890 Å². The van der Waals surface area contributed by atoms with Crippen LogP contribution in [0.2, 0.25) is 0 Å². The Kier molecular flexibility index (Phi) is 32300. The average Bonchev–Trinajstić information content (AvgIpc) is 0. The van der Waals surface area contributed by atoms with Crippen LogP contribution in [-0.2, 0) is 0 Å². The molecule has 0 spiro atoms. The molecule has 0 amide bonds. The summed E-state index contributed by atoms with van der Waals surface area (Å²) in [4.78, 5) is 0. The Bertz CT molecular complexity index is 97.1. The van der Waals surface area contributed by atoms with Crippen LogP contribution in [0, 0.1) is 0 Å². The fourth-order valence-corrected chi connectivity index (χ4v) is 0. The van der Waals surface area contributed by atoms with Crippen molar-refractivity contribution < 1.29 is 329 Å². The predicted octanol–water partition coefficient (Wildman–Crippen LogP) is -75.4. The summed E-state index contributed by atoms with van der Waals surface area (Å²) in [6.07, 6.45) is 0. The molecule has 0 saturated carbocycles. The maximum atomic E-state index is 0. The third kappa shape index (κ3) is 1740. The van der Waals surface area contributed by atoms with Gasteiger partial charge in [-0.25, -0.2) is 0 Å². The Labute approximate surface area is 1470 Å². The maximum absolute atomic E-state index is 0. The Balaban J connectivity index is 0. The van der Waals surface area contributed by atoms with Crippen LogP contribution in [0.15, 0.2) is 0 Å². The molecule has 560 valence electrons. The second kappa shape index (κ2) is 1780. The van der Waals surface area contributed by atoms with Crippen molar-refractivity contribution >= 4 is 1180 Å². The summed E-state index contributed by atoms with van der Waals surface area (Å²) < 4.78 is 0. The van der Waals surface area contributed by atoms with Crippen molar-refractivity contribution in [3.8, 4) is 0 Å². The second-order valence-electron chi connectivity index (χ2n) is 0. The summed E-state index contributed by atoms with van der Waals surface area (Å²) in [5.41, 5.74) is 0. The number of rotatable bonds is 0. The van der Waals surface area contributed by atoms with E-state index in [2.05, 4.69) is 0 Å². The summed E-state index contributed by atoms with van der Waals surface area (Å²) in [7, 11) is 0. The van der Waals surface area contributed by atoms with Gasteiger partial charge in [-0.1, -0.05) is 0 Å². The van der Waals surface area contributed by atoms with E-state index in [-0.39, 0.29) is 1510 Å². The van der Waals surface area contributed by atoms with Crippen molar-refractivity contribution in [3.63, 3.8) is 0 Å². The average molecular weight is 2040 g/mol. The molecule has 0 saturated heterocycles. The minimum atomic E-state index is 0. The van der Waals surface area contributed by atoms with Gasteiger partial charge in [-0.3, -0.25) is 0 Å². The zero-order valence-electron chi connectivity index (χ0n) is 30.0. The van der Waals surface area contributed by atoms with E-state index in [1.807, 2.05) is 0 Å². The zero-order chi connectivity index (χ0) is 0. The van der Waals surface area contributed by atoms with Gasteiger partial charge in [-0.2, -0.15) is 0 Å². The molecule has 0 aliphatic heterocycles. The van der Waals surface area contributed by atoms with Crippen molar-refractivity contribution in [2.45, 2.75) is 0 Å². The Morgan fingerprint density at radius 3 is 0.0200 bits per heavy atom. The third-order valence-corrected chi connectivity index (χ3v) is 0. The quantitative estimate of drug-likeness (QED) is 0.204. The molecule has 100 heavy (non-hydrogen) atoms. The van der Waals surface area contributed by atoms with Gasteiger partial charge >= 0.3 is 1180 Å². The molecule has 0 aromatic rings. The van der Waals surface area contributed by atoms with Crippen molar-refractivity contribution in [1.82, 2.24) is 0 Å². The molecule has 0 aliphatic rings. The van der Waals surface area contributed by atoms with E-state index in [9.17, 15) is 0 Å².